The second kappa shape index (κ2) is 8.79. The van der Waals surface area contributed by atoms with Crippen LogP contribution in [0.3, 0.4) is 0 Å². The fourth-order valence-electron chi connectivity index (χ4n) is 3.48. The Labute approximate surface area is 159 Å². The Kier molecular flexibility index (Phi) is 6.99. The zero-order valence-electron chi connectivity index (χ0n) is 14.8. The van der Waals surface area contributed by atoms with E-state index in [0.29, 0.717) is 18.2 Å². The number of aromatic nitrogens is 1. The molecule has 1 aliphatic heterocycles. The van der Waals surface area contributed by atoms with Crippen molar-refractivity contribution in [3.05, 3.63) is 51.5 Å². The predicted molar refractivity (Wildman–Crippen MR) is 105 cm³/mol. The number of hydrogen-bond acceptors (Lipinski definition) is 4. The molecule has 1 fully saturated rings. The number of carbonyl (C=O) groups is 1. The highest BCUT2D eigenvalue weighted by Gasteiger charge is 2.34. The van der Waals surface area contributed by atoms with Crippen LogP contribution in [0.15, 0.2) is 29.6 Å². The van der Waals surface area contributed by atoms with Crippen molar-refractivity contribution in [1.29, 1.82) is 0 Å². The number of nitrogens with zero attached hydrogens (tertiary/aromatic N) is 2. The van der Waals surface area contributed by atoms with Crippen LogP contribution in [0.2, 0.25) is 0 Å². The summed E-state index contributed by atoms with van der Waals surface area (Å²) in [5.74, 6) is 0.499. The van der Waals surface area contributed by atoms with Crippen molar-refractivity contribution in [2.24, 2.45) is 11.7 Å². The van der Waals surface area contributed by atoms with Crippen molar-refractivity contribution in [1.82, 2.24) is 9.88 Å². The minimum atomic E-state index is 0. The molecule has 3 rings (SSSR count). The van der Waals surface area contributed by atoms with Gasteiger partial charge in [-0.15, -0.1) is 23.7 Å². The van der Waals surface area contributed by atoms with Gasteiger partial charge in [0.2, 0.25) is 0 Å². The van der Waals surface area contributed by atoms with E-state index in [9.17, 15) is 4.79 Å². The smallest absolute Gasteiger partial charge is 0.273 e. The van der Waals surface area contributed by atoms with E-state index in [0.717, 1.165) is 30.8 Å². The van der Waals surface area contributed by atoms with Crippen molar-refractivity contribution in [3.8, 4) is 0 Å². The summed E-state index contributed by atoms with van der Waals surface area (Å²) in [6, 6.07) is 8.70. The first kappa shape index (κ1) is 19.9. The zero-order chi connectivity index (χ0) is 17.1. The van der Waals surface area contributed by atoms with Gasteiger partial charge in [-0.25, -0.2) is 4.98 Å². The van der Waals surface area contributed by atoms with Gasteiger partial charge in [-0.3, -0.25) is 4.79 Å². The number of nitrogens with two attached hydrogens (primary N) is 1. The van der Waals surface area contributed by atoms with Gasteiger partial charge in [0, 0.05) is 18.3 Å². The highest BCUT2D eigenvalue weighted by Crippen LogP contribution is 2.36. The molecule has 1 aromatic heterocycles. The molecule has 6 heteroatoms. The van der Waals surface area contributed by atoms with E-state index >= 15 is 0 Å². The Morgan fingerprint density at radius 3 is 2.76 bits per heavy atom. The van der Waals surface area contributed by atoms with Crippen LogP contribution in [0.4, 0.5) is 0 Å². The monoisotopic (exact) mass is 379 g/mol. The van der Waals surface area contributed by atoms with Crippen molar-refractivity contribution in [2.45, 2.75) is 39.2 Å². The van der Waals surface area contributed by atoms with Gasteiger partial charge >= 0.3 is 0 Å². The molecule has 1 aliphatic rings. The summed E-state index contributed by atoms with van der Waals surface area (Å²) < 4.78 is 0. The number of benzene rings is 1. The summed E-state index contributed by atoms with van der Waals surface area (Å²) in [5.41, 5.74) is 8.62. The molecule has 1 saturated heterocycles. The molecule has 25 heavy (non-hydrogen) atoms. The average Bonchev–Trinajstić information content (AvgIpc) is 3.04. The van der Waals surface area contributed by atoms with Gasteiger partial charge in [0.15, 0.2) is 0 Å². The average molecular weight is 380 g/mol. The fourth-order valence-corrected chi connectivity index (χ4v) is 4.27. The lowest BCUT2D eigenvalue weighted by Crippen LogP contribution is -2.42. The Hall–Kier alpha value is -1.43. The lowest BCUT2D eigenvalue weighted by Gasteiger charge is -2.40. The number of carbonyl (C=O) groups excluding carboxylic acids is 1. The first-order valence-corrected chi connectivity index (χ1v) is 9.50. The molecule has 2 N–H and O–H groups in total. The van der Waals surface area contributed by atoms with Crippen LogP contribution in [0.25, 0.3) is 0 Å². The van der Waals surface area contributed by atoms with Crippen molar-refractivity contribution in [2.75, 3.05) is 13.1 Å². The Balaban J connectivity index is 0.00000225. The maximum absolute atomic E-state index is 13.1. The number of rotatable bonds is 4. The second-order valence-electron chi connectivity index (χ2n) is 6.64. The molecule has 1 aromatic carbocycles. The molecular formula is C19H26ClN3OS. The first-order chi connectivity index (χ1) is 11.6. The highest BCUT2D eigenvalue weighted by molar-refractivity contribution is 7.09. The third kappa shape index (κ3) is 4.40. The summed E-state index contributed by atoms with van der Waals surface area (Å²) in [6.07, 6.45) is 2.93. The molecule has 0 saturated carbocycles. The topological polar surface area (TPSA) is 59.2 Å². The standard InChI is InChI=1S/C19H25N3OS.ClH/c1-13-5-7-15(8-6-13)18-14(2)4-3-11-22(18)19(23)16-12-24-17(21-16)9-10-20;/h5-8,12,14,18H,3-4,9-11,20H2,1-2H3;1H. The van der Waals surface area contributed by atoms with Gasteiger partial charge in [-0.05, 0) is 37.8 Å². The lowest BCUT2D eigenvalue weighted by molar-refractivity contribution is 0.0508. The lowest BCUT2D eigenvalue weighted by atomic mass is 9.85. The van der Waals surface area contributed by atoms with Crippen LogP contribution in [-0.2, 0) is 6.42 Å². The van der Waals surface area contributed by atoms with E-state index in [1.54, 1.807) is 0 Å². The number of aryl methyl sites for hydroxylation is 1. The van der Waals surface area contributed by atoms with E-state index in [-0.39, 0.29) is 24.4 Å². The molecule has 1 amide bonds. The third-order valence-electron chi connectivity index (χ3n) is 4.74. The summed E-state index contributed by atoms with van der Waals surface area (Å²) in [6.45, 7) is 5.69. The van der Waals surface area contributed by atoms with Crippen LogP contribution in [0.5, 0.6) is 0 Å². The summed E-state index contributed by atoms with van der Waals surface area (Å²) in [4.78, 5) is 19.6. The SMILES string of the molecule is Cc1ccc(C2C(C)CCCN2C(=O)c2csc(CCN)n2)cc1.Cl. The number of thiazole rings is 1. The number of piperidine rings is 1. The Morgan fingerprint density at radius 1 is 1.36 bits per heavy atom. The zero-order valence-corrected chi connectivity index (χ0v) is 16.4. The molecule has 2 heterocycles. The van der Waals surface area contributed by atoms with Crippen LogP contribution < -0.4 is 5.73 Å². The van der Waals surface area contributed by atoms with Gasteiger partial charge in [-0.2, -0.15) is 0 Å². The van der Waals surface area contributed by atoms with Gasteiger partial charge in [0.05, 0.1) is 11.0 Å². The third-order valence-corrected chi connectivity index (χ3v) is 5.65. The molecule has 0 spiro atoms. The highest BCUT2D eigenvalue weighted by atomic mass is 35.5. The Morgan fingerprint density at radius 2 is 2.08 bits per heavy atom. The molecular weight excluding hydrogens is 354 g/mol. The van der Waals surface area contributed by atoms with E-state index in [2.05, 4.69) is 43.1 Å². The minimum absolute atomic E-state index is 0. The van der Waals surface area contributed by atoms with Crippen molar-refractivity contribution in [3.63, 3.8) is 0 Å². The normalized spacial score (nSPS) is 20.2. The molecule has 0 aliphatic carbocycles. The second-order valence-corrected chi connectivity index (χ2v) is 7.58. The van der Waals surface area contributed by atoms with Crippen LogP contribution >= 0.6 is 23.7 Å². The quantitative estimate of drug-likeness (QED) is 0.873. The van der Waals surface area contributed by atoms with Crippen molar-refractivity contribution < 1.29 is 4.79 Å². The van der Waals surface area contributed by atoms with Crippen LogP contribution in [0, 0.1) is 12.8 Å². The number of likely N-dealkylation sites (tertiary alicyclic amines) is 1. The maximum Gasteiger partial charge on any atom is 0.273 e. The van der Waals surface area contributed by atoms with Crippen LogP contribution in [-0.4, -0.2) is 28.9 Å². The number of halogens is 1. The van der Waals surface area contributed by atoms with Crippen LogP contribution in [0.1, 0.15) is 52.4 Å². The largest absolute Gasteiger partial charge is 0.330 e. The van der Waals surface area contributed by atoms with E-state index < -0.39 is 0 Å². The van der Waals surface area contributed by atoms with Gasteiger partial charge < -0.3 is 10.6 Å². The maximum atomic E-state index is 13.1. The molecule has 0 radical (unpaired) electrons. The molecule has 2 unspecified atom stereocenters. The molecule has 2 atom stereocenters. The molecule has 0 bridgehead atoms. The minimum Gasteiger partial charge on any atom is -0.330 e. The summed E-state index contributed by atoms with van der Waals surface area (Å²) in [5, 5.41) is 2.82. The van der Waals surface area contributed by atoms with Gasteiger partial charge in [0.1, 0.15) is 5.69 Å². The predicted octanol–water partition coefficient (Wildman–Crippen LogP) is 3.99. The molecule has 4 nitrogen and oxygen atoms in total. The molecule has 2 aromatic rings. The van der Waals surface area contributed by atoms with E-state index in [1.807, 2.05) is 10.3 Å². The Bertz CT molecular complexity index is 701. The number of amides is 1. The fraction of sp³-hybridized carbons (Fsp3) is 0.474. The molecule has 136 valence electrons. The van der Waals surface area contributed by atoms with Crippen molar-refractivity contribution >= 4 is 29.7 Å². The van der Waals surface area contributed by atoms with E-state index in [4.69, 9.17) is 5.73 Å². The number of hydrogen-bond donors (Lipinski definition) is 1. The van der Waals surface area contributed by atoms with Gasteiger partial charge in [0.25, 0.3) is 5.91 Å². The van der Waals surface area contributed by atoms with E-state index in [1.165, 1.54) is 22.5 Å². The van der Waals surface area contributed by atoms with Gasteiger partial charge in [-0.1, -0.05) is 36.8 Å². The first-order valence-electron chi connectivity index (χ1n) is 8.62. The summed E-state index contributed by atoms with van der Waals surface area (Å²) in [7, 11) is 0. The summed E-state index contributed by atoms with van der Waals surface area (Å²) >= 11 is 1.53.